The highest BCUT2D eigenvalue weighted by Gasteiger charge is 2.76. The number of likely N-dealkylation sites (tertiary alicyclic amines) is 1. The quantitative estimate of drug-likeness (QED) is 0.0560. The Labute approximate surface area is 437 Å². The number of amides is 3. The van der Waals surface area contributed by atoms with E-state index in [2.05, 4.69) is 22.2 Å². The first kappa shape index (κ1) is 49.5. The van der Waals surface area contributed by atoms with Crippen molar-refractivity contribution < 1.29 is 43.4 Å². The number of aliphatic hydroxyl groups excluding tert-OH is 1. The number of nitro groups is 1. The van der Waals surface area contributed by atoms with Gasteiger partial charge >= 0.3 is 12.1 Å². The van der Waals surface area contributed by atoms with Crippen LogP contribution in [0.15, 0.2) is 152 Å². The number of aromatic nitrogens is 3. The minimum absolute atomic E-state index is 0.111. The number of non-ortho nitro benzene ring substituents is 1. The molecule has 5 heterocycles. The number of para-hydroxylation sites is 2. The number of benzene rings is 6. The molecule has 1 aromatic heterocycles. The van der Waals surface area contributed by atoms with E-state index >= 15 is 19.2 Å². The number of anilines is 1. The fraction of sp³-hybridized carbons (Fsp3) is 0.288. The Balaban J connectivity index is 1.17. The predicted octanol–water partition coefficient (Wildman–Crippen LogP) is 8.56. The molecule has 3 fully saturated rings. The van der Waals surface area contributed by atoms with Crippen molar-refractivity contribution in [3.8, 4) is 17.6 Å². The number of nitro benzene ring substituents is 1. The van der Waals surface area contributed by atoms with Gasteiger partial charge in [-0.2, -0.15) is 0 Å². The molecule has 384 valence electrons. The Hall–Kier alpha value is -8.72. The van der Waals surface area contributed by atoms with Crippen molar-refractivity contribution in [3.63, 3.8) is 0 Å². The van der Waals surface area contributed by atoms with E-state index in [0.717, 1.165) is 35.2 Å². The summed E-state index contributed by atoms with van der Waals surface area (Å²) >= 11 is 0. The van der Waals surface area contributed by atoms with Gasteiger partial charge in [-0.1, -0.05) is 127 Å². The molecule has 3 amide bonds. The smallest absolute Gasteiger partial charge is 0.421 e. The number of esters is 1. The van der Waals surface area contributed by atoms with E-state index < -0.39 is 64.4 Å². The average Bonchev–Trinajstić information content (AvgIpc) is 3.79. The van der Waals surface area contributed by atoms with Gasteiger partial charge in [0.05, 0.1) is 40.7 Å². The zero-order valence-corrected chi connectivity index (χ0v) is 41.4. The maximum absolute atomic E-state index is 16.9. The second-order valence-corrected chi connectivity index (χ2v) is 19.4. The number of imide groups is 1. The number of rotatable bonds is 11. The zero-order valence-electron chi connectivity index (χ0n) is 41.4. The summed E-state index contributed by atoms with van der Waals surface area (Å²) in [4.78, 5) is 79.8. The Kier molecular flexibility index (Phi) is 13.8. The lowest BCUT2D eigenvalue weighted by molar-refractivity contribution is -0.384. The highest BCUT2D eigenvalue weighted by Crippen LogP contribution is 2.67. The Morgan fingerprint density at radius 3 is 2.22 bits per heavy atom. The first-order chi connectivity index (χ1) is 37.2. The van der Waals surface area contributed by atoms with Crippen LogP contribution >= 0.6 is 0 Å². The van der Waals surface area contributed by atoms with Crippen LogP contribution in [0, 0.1) is 27.9 Å². The zero-order chi connectivity index (χ0) is 52.3. The van der Waals surface area contributed by atoms with Gasteiger partial charge in [-0.25, -0.2) is 14.4 Å². The number of aliphatic hydroxyl groups is 1. The normalized spacial score (nSPS) is 22.2. The van der Waals surface area contributed by atoms with E-state index in [9.17, 15) is 15.2 Å². The van der Waals surface area contributed by atoms with E-state index in [1.807, 2.05) is 89.8 Å². The topological polar surface area (TPSA) is 200 Å². The van der Waals surface area contributed by atoms with Crippen molar-refractivity contribution >= 4 is 46.3 Å². The minimum atomic E-state index is -2.12. The average molecular weight is 1020 g/mol. The molecule has 3 saturated heterocycles. The molecule has 4 aliphatic heterocycles. The van der Waals surface area contributed by atoms with Gasteiger partial charge in [-0.15, -0.1) is 5.10 Å². The number of ether oxygens (including phenoxy) is 3. The molecule has 0 radical (unpaired) electrons. The molecule has 4 aliphatic rings. The minimum Gasteiger partial charge on any atom is -0.491 e. The predicted molar refractivity (Wildman–Crippen MR) is 278 cm³/mol. The van der Waals surface area contributed by atoms with Gasteiger partial charge in [-0.3, -0.25) is 29.4 Å². The summed E-state index contributed by atoms with van der Waals surface area (Å²) in [6.07, 6.45) is 2.12. The van der Waals surface area contributed by atoms with Crippen LogP contribution in [0.4, 0.5) is 16.2 Å². The highest BCUT2D eigenvalue weighted by molar-refractivity contribution is 6.23. The second-order valence-electron chi connectivity index (χ2n) is 19.4. The molecule has 17 heteroatoms. The lowest BCUT2D eigenvalue weighted by atomic mass is 9.64. The molecule has 6 atom stereocenters. The van der Waals surface area contributed by atoms with Crippen molar-refractivity contribution in [2.45, 2.75) is 74.9 Å². The molecular formula is C59H53N7O10. The van der Waals surface area contributed by atoms with E-state index in [-0.39, 0.29) is 49.1 Å². The van der Waals surface area contributed by atoms with Crippen LogP contribution in [-0.4, -0.2) is 91.0 Å². The summed E-state index contributed by atoms with van der Waals surface area (Å²) in [6, 6.07) is 40.5. The number of cyclic esters (lactones) is 1. The van der Waals surface area contributed by atoms with Crippen molar-refractivity contribution in [2.24, 2.45) is 5.92 Å². The number of carbonyl (C=O) groups excluding carboxylic acids is 4. The fourth-order valence-electron chi connectivity index (χ4n) is 11.7. The van der Waals surface area contributed by atoms with Crippen molar-refractivity contribution in [1.82, 2.24) is 24.8 Å². The monoisotopic (exact) mass is 1020 g/mol. The Bertz CT molecular complexity index is 3390. The summed E-state index contributed by atoms with van der Waals surface area (Å²) in [5, 5.41) is 30.3. The maximum atomic E-state index is 16.9. The summed E-state index contributed by atoms with van der Waals surface area (Å²) in [5.74, 6) is 3.23. The Morgan fingerprint density at radius 2 is 1.49 bits per heavy atom. The molecular weight excluding hydrogens is 967 g/mol. The first-order valence-corrected chi connectivity index (χ1v) is 25.5. The molecule has 0 unspecified atom stereocenters. The van der Waals surface area contributed by atoms with Crippen LogP contribution in [0.2, 0.25) is 0 Å². The number of hydrogen-bond donors (Lipinski definition) is 1. The van der Waals surface area contributed by atoms with Crippen LogP contribution in [0.1, 0.15) is 83.7 Å². The van der Waals surface area contributed by atoms with Gasteiger partial charge in [0.15, 0.2) is 0 Å². The molecule has 1 spiro atoms. The third kappa shape index (κ3) is 8.88. The summed E-state index contributed by atoms with van der Waals surface area (Å²) in [6.45, 7) is 0.0550. The third-order valence-electron chi connectivity index (χ3n) is 15.0. The van der Waals surface area contributed by atoms with Gasteiger partial charge in [0.2, 0.25) is 11.8 Å². The molecule has 0 bridgehead atoms. The number of hydrogen-bond acceptors (Lipinski definition) is 13. The van der Waals surface area contributed by atoms with Crippen LogP contribution < -0.4 is 9.64 Å². The van der Waals surface area contributed by atoms with Crippen LogP contribution in [0.25, 0.3) is 11.0 Å². The summed E-state index contributed by atoms with van der Waals surface area (Å²) < 4.78 is 20.7. The van der Waals surface area contributed by atoms with Gasteiger partial charge in [-0.05, 0) is 83.6 Å². The molecule has 7 aromatic rings. The highest BCUT2D eigenvalue weighted by atomic mass is 16.6. The standard InChI is InChI=1S/C59H53N7O10/c67-35-36-74-49-25-13-10-22-44(49)54-59(50(55(68)62-32-14-2-1-3-15-33-62)52-56(69)76-53(42-20-8-5-9-21-42)51(65(52)54)41-18-6-4-7-19-41)45-37-39(17-16-34-63-48-24-12-11-23-46(48)60-61-63)28-31-47(45)64(57(59)70)58(71)75-38-40-26-29-43(30-27-40)66(72)73/h4-13,18-31,37,50-54,67H,1-3,14-15,32-36,38H2/t50-,51-,52-,53+,54+,59-/m1/s1. The van der Waals surface area contributed by atoms with Gasteiger partial charge in [0, 0.05) is 36.3 Å². The third-order valence-corrected chi connectivity index (χ3v) is 15.0. The van der Waals surface area contributed by atoms with Gasteiger partial charge in [0.1, 0.15) is 48.6 Å². The molecule has 76 heavy (non-hydrogen) atoms. The summed E-state index contributed by atoms with van der Waals surface area (Å²) in [7, 11) is 0. The largest absolute Gasteiger partial charge is 0.491 e. The number of carbonyl (C=O) groups is 4. The maximum Gasteiger partial charge on any atom is 0.421 e. The second kappa shape index (κ2) is 21.3. The van der Waals surface area contributed by atoms with E-state index in [1.54, 1.807) is 52.0 Å². The van der Waals surface area contributed by atoms with Crippen molar-refractivity contribution in [2.75, 3.05) is 31.2 Å². The lowest BCUT2D eigenvalue weighted by Gasteiger charge is -2.46. The fourth-order valence-corrected chi connectivity index (χ4v) is 11.7. The number of nitrogens with zero attached hydrogens (tertiary/aromatic N) is 7. The molecule has 11 rings (SSSR count). The molecule has 17 nitrogen and oxygen atoms in total. The van der Waals surface area contributed by atoms with Crippen LogP contribution in [-0.2, 0) is 42.4 Å². The van der Waals surface area contributed by atoms with Crippen LogP contribution in [0.5, 0.6) is 5.75 Å². The molecule has 0 aliphatic carbocycles. The van der Waals surface area contributed by atoms with E-state index in [1.165, 1.54) is 24.3 Å². The van der Waals surface area contributed by atoms with Crippen molar-refractivity contribution in [1.29, 1.82) is 0 Å². The first-order valence-electron chi connectivity index (χ1n) is 25.5. The van der Waals surface area contributed by atoms with Gasteiger partial charge < -0.3 is 24.2 Å². The van der Waals surface area contributed by atoms with Crippen molar-refractivity contribution in [3.05, 3.63) is 195 Å². The number of fused-ring (bicyclic) bond motifs is 4. The van der Waals surface area contributed by atoms with Crippen LogP contribution in [0.3, 0.4) is 0 Å². The molecule has 0 saturated carbocycles. The SMILES string of the molecule is O=C1O[C@@H](c2ccccc2)[C@@H](c2ccccc2)N2[C@@H](c3ccccc3OCCO)[C@]3(C(=O)N(C(=O)OCc4ccc([N+](=O)[O-])cc4)c4ccc(C#CCn5nnc6ccccc65)cc43)[C@@H](C(=O)N3CCCCCCC3)[C@H]12. The Morgan fingerprint density at radius 1 is 0.803 bits per heavy atom. The van der Waals surface area contributed by atoms with E-state index in [4.69, 9.17) is 14.2 Å². The number of morpholine rings is 1. The summed E-state index contributed by atoms with van der Waals surface area (Å²) in [5.41, 5.74) is 2.24. The van der Waals surface area contributed by atoms with Gasteiger partial charge in [0.25, 0.3) is 5.69 Å². The van der Waals surface area contributed by atoms with E-state index in [0.29, 0.717) is 53.7 Å². The molecule has 6 aromatic carbocycles. The molecule has 1 N–H and O–H groups in total. The lowest BCUT2D eigenvalue weighted by Crippen LogP contribution is -2.56.